The van der Waals surface area contributed by atoms with Crippen LogP contribution in [0.1, 0.15) is 31.9 Å². The molecule has 1 aliphatic rings. The summed E-state index contributed by atoms with van der Waals surface area (Å²) in [4.78, 5) is 38.4. The minimum Gasteiger partial charge on any atom is -0.475 e. The number of ether oxygens (including phenoxy) is 5. The van der Waals surface area contributed by atoms with Crippen LogP contribution in [-0.4, -0.2) is 54.9 Å². The van der Waals surface area contributed by atoms with Crippen molar-refractivity contribution < 1.29 is 69.5 Å². The quantitative estimate of drug-likeness (QED) is 0.143. The number of hydrogen-bond donors (Lipinski definition) is 0. The molecule has 0 saturated heterocycles. The van der Waals surface area contributed by atoms with Gasteiger partial charge in [0.1, 0.15) is 24.2 Å². The number of rotatable bonds is 9. The van der Waals surface area contributed by atoms with E-state index in [-0.39, 0.29) is 17.5 Å². The second-order valence-electron chi connectivity index (χ2n) is 7.33. The topological polar surface area (TPSA) is 133 Å². The van der Waals surface area contributed by atoms with E-state index < -0.39 is 71.9 Å². The van der Waals surface area contributed by atoms with Crippen molar-refractivity contribution in [3.63, 3.8) is 0 Å². The molecule has 1 aliphatic heterocycles. The predicted molar refractivity (Wildman–Crippen MR) is 106 cm³/mol. The summed E-state index contributed by atoms with van der Waals surface area (Å²) in [6, 6.07) is 1.59. The summed E-state index contributed by atoms with van der Waals surface area (Å²) in [5, 5.41) is 9.06. The third-order valence-electron chi connectivity index (χ3n) is 4.38. The molecule has 0 N–H and O–H groups in total. The van der Waals surface area contributed by atoms with Crippen molar-refractivity contribution in [2.24, 2.45) is 0 Å². The molecule has 0 radical (unpaired) electrons. The highest BCUT2D eigenvalue weighted by Gasteiger charge is 2.49. The summed E-state index contributed by atoms with van der Waals surface area (Å²) in [6.07, 6.45) is -17.0. The Morgan fingerprint density at radius 2 is 1.78 bits per heavy atom. The third-order valence-corrected chi connectivity index (χ3v) is 4.38. The Hall–Kier alpha value is -3.92. The van der Waals surface area contributed by atoms with E-state index in [4.69, 9.17) is 4.74 Å². The van der Waals surface area contributed by atoms with E-state index in [2.05, 4.69) is 23.8 Å². The molecule has 0 bridgehead atoms. The van der Waals surface area contributed by atoms with E-state index in [1.54, 1.807) is 0 Å². The Labute approximate surface area is 203 Å². The van der Waals surface area contributed by atoms with Gasteiger partial charge >= 0.3 is 24.7 Å². The summed E-state index contributed by atoms with van der Waals surface area (Å²) in [5.74, 6) is -2.83. The smallest absolute Gasteiger partial charge is 0.475 e. The molecule has 0 spiro atoms. The van der Waals surface area contributed by atoms with Gasteiger partial charge in [-0.1, -0.05) is 6.92 Å². The van der Waals surface area contributed by atoms with Crippen LogP contribution >= 0.6 is 0 Å². The zero-order valence-electron chi connectivity index (χ0n) is 19.2. The van der Waals surface area contributed by atoms with E-state index in [0.29, 0.717) is 6.08 Å². The molecule has 0 aromatic heterocycles. The maximum absolute atomic E-state index is 13.7. The maximum Gasteiger partial charge on any atom is 0.573 e. The standard InChI is InChI=1S/C20H19F6NO10/c1-4-11-5-13(36-20(24,25)26)6-12-7-14(16(19(21,22)23)35-15(11)12)17(28)33-10(3)34-18(29)32-8-9(2)37-27(30)31/h5-7,9-10,16H,4,8H2,1-3H3/t9?,10?,16-/m0/s1. The van der Waals surface area contributed by atoms with Crippen LogP contribution in [0.5, 0.6) is 11.5 Å². The fourth-order valence-corrected chi connectivity index (χ4v) is 3.00. The SMILES string of the molecule is CCc1cc(OC(F)(F)F)cc2c1O[C@H](C(F)(F)F)C(C(=O)OC(C)OC(=O)OCC(C)O[N+](=O)[O-])=C2. The van der Waals surface area contributed by atoms with Crippen molar-refractivity contribution in [2.75, 3.05) is 6.61 Å². The van der Waals surface area contributed by atoms with E-state index in [1.165, 1.54) is 13.8 Å². The number of carbonyl (C=O) groups excluding carboxylic acids is 2. The molecular formula is C20H19F6NO10. The van der Waals surface area contributed by atoms with Crippen LogP contribution in [0, 0.1) is 10.1 Å². The number of benzene rings is 1. The second-order valence-corrected chi connectivity index (χ2v) is 7.33. The number of carbonyl (C=O) groups is 2. The van der Waals surface area contributed by atoms with Gasteiger partial charge in [-0.15, -0.1) is 23.3 Å². The minimum absolute atomic E-state index is 0.0338. The van der Waals surface area contributed by atoms with Crippen LogP contribution in [0.25, 0.3) is 6.08 Å². The summed E-state index contributed by atoms with van der Waals surface area (Å²) < 4.78 is 102. The molecule has 17 heteroatoms. The summed E-state index contributed by atoms with van der Waals surface area (Å²) in [6.45, 7) is 2.93. The first-order valence-electron chi connectivity index (χ1n) is 10.2. The minimum atomic E-state index is -5.15. The molecule has 0 fully saturated rings. The van der Waals surface area contributed by atoms with Gasteiger partial charge in [-0.25, -0.2) is 9.59 Å². The highest BCUT2D eigenvalue weighted by molar-refractivity contribution is 5.96. The molecule has 2 rings (SSSR count). The monoisotopic (exact) mass is 547 g/mol. The summed E-state index contributed by atoms with van der Waals surface area (Å²) >= 11 is 0. The molecule has 0 saturated carbocycles. The number of esters is 1. The molecule has 1 heterocycles. The first-order valence-corrected chi connectivity index (χ1v) is 10.2. The van der Waals surface area contributed by atoms with Crippen LogP contribution in [0.15, 0.2) is 17.7 Å². The molecule has 2 unspecified atom stereocenters. The molecule has 206 valence electrons. The van der Waals surface area contributed by atoms with Crippen molar-refractivity contribution in [1.82, 2.24) is 0 Å². The van der Waals surface area contributed by atoms with E-state index in [9.17, 15) is 46.0 Å². The molecule has 1 aromatic rings. The molecule has 11 nitrogen and oxygen atoms in total. The molecule has 1 aromatic carbocycles. The van der Waals surface area contributed by atoms with Crippen LogP contribution in [0.2, 0.25) is 0 Å². The lowest BCUT2D eigenvalue weighted by Crippen LogP contribution is -2.41. The number of aryl methyl sites for hydroxylation is 1. The zero-order chi connectivity index (χ0) is 28.1. The Kier molecular flexibility index (Phi) is 9.05. The lowest BCUT2D eigenvalue weighted by Gasteiger charge is -2.30. The Morgan fingerprint density at radius 3 is 2.32 bits per heavy atom. The lowest BCUT2D eigenvalue weighted by molar-refractivity contribution is -0.767. The van der Waals surface area contributed by atoms with Gasteiger partial charge in [0, 0.05) is 12.5 Å². The molecular weight excluding hydrogens is 528 g/mol. The van der Waals surface area contributed by atoms with E-state index in [0.717, 1.165) is 19.1 Å². The molecule has 0 aliphatic carbocycles. The second kappa shape index (κ2) is 11.4. The number of fused-ring (bicyclic) bond motifs is 1. The van der Waals surface area contributed by atoms with Crippen LogP contribution in [0.4, 0.5) is 31.1 Å². The average molecular weight is 547 g/mol. The van der Waals surface area contributed by atoms with Crippen LogP contribution in [-0.2, 0) is 30.3 Å². The van der Waals surface area contributed by atoms with Gasteiger partial charge in [0.2, 0.25) is 12.4 Å². The van der Waals surface area contributed by atoms with Gasteiger partial charge in [0.05, 0.1) is 5.57 Å². The molecule has 37 heavy (non-hydrogen) atoms. The van der Waals surface area contributed by atoms with Crippen LogP contribution in [0.3, 0.4) is 0 Å². The highest BCUT2D eigenvalue weighted by Crippen LogP contribution is 2.42. The summed E-state index contributed by atoms with van der Waals surface area (Å²) in [7, 11) is 0. The Balaban J connectivity index is 2.24. The Morgan fingerprint density at radius 1 is 1.14 bits per heavy atom. The van der Waals surface area contributed by atoms with Gasteiger partial charge in [0.15, 0.2) is 0 Å². The van der Waals surface area contributed by atoms with E-state index >= 15 is 0 Å². The number of hydrogen-bond acceptors (Lipinski definition) is 10. The van der Waals surface area contributed by atoms with E-state index in [1.807, 2.05) is 0 Å². The Bertz CT molecular complexity index is 1060. The third kappa shape index (κ3) is 8.60. The van der Waals surface area contributed by atoms with Gasteiger partial charge in [0.25, 0.3) is 5.09 Å². The fourth-order valence-electron chi connectivity index (χ4n) is 3.00. The van der Waals surface area contributed by atoms with Crippen molar-refractivity contribution in [2.45, 2.75) is 58.2 Å². The largest absolute Gasteiger partial charge is 0.573 e. The average Bonchev–Trinajstić information content (AvgIpc) is 2.73. The number of alkyl halides is 6. The van der Waals surface area contributed by atoms with Crippen molar-refractivity contribution in [3.05, 3.63) is 38.9 Å². The normalized spacial score (nSPS) is 16.8. The van der Waals surface area contributed by atoms with Crippen LogP contribution < -0.4 is 9.47 Å². The number of halogens is 6. The lowest BCUT2D eigenvalue weighted by atomic mass is 9.97. The van der Waals surface area contributed by atoms with Gasteiger partial charge < -0.3 is 28.5 Å². The first kappa shape index (κ1) is 29.3. The van der Waals surface area contributed by atoms with Gasteiger partial charge in [-0.2, -0.15) is 13.2 Å². The molecule has 3 atom stereocenters. The number of nitrogens with zero attached hydrogens (tertiary/aromatic N) is 1. The first-order chi connectivity index (χ1) is 17.0. The zero-order valence-corrected chi connectivity index (χ0v) is 19.2. The maximum atomic E-state index is 13.7. The van der Waals surface area contributed by atoms with Crippen molar-refractivity contribution >= 4 is 18.2 Å². The molecule has 0 amide bonds. The van der Waals surface area contributed by atoms with Crippen molar-refractivity contribution in [1.29, 1.82) is 0 Å². The van der Waals surface area contributed by atoms with Gasteiger partial charge in [-0.05, 0) is 37.1 Å². The highest BCUT2D eigenvalue weighted by atomic mass is 19.4. The summed E-state index contributed by atoms with van der Waals surface area (Å²) in [5.41, 5.74) is -1.52. The van der Waals surface area contributed by atoms with Crippen molar-refractivity contribution in [3.8, 4) is 11.5 Å². The van der Waals surface area contributed by atoms with Gasteiger partial charge in [-0.3, -0.25) is 0 Å². The fraction of sp³-hybridized carbons (Fsp3) is 0.500. The predicted octanol–water partition coefficient (Wildman–Crippen LogP) is 4.49.